The number of aromatic nitrogens is 1. The first-order chi connectivity index (χ1) is 7.42. The van der Waals surface area contributed by atoms with E-state index in [0.717, 1.165) is 0 Å². The maximum atomic E-state index is 12.0. The van der Waals surface area contributed by atoms with Crippen molar-refractivity contribution in [2.45, 2.75) is 12.6 Å². The summed E-state index contributed by atoms with van der Waals surface area (Å²) in [7, 11) is 1.53. The van der Waals surface area contributed by atoms with E-state index in [1.165, 1.54) is 30.3 Å². The Morgan fingerprint density at radius 2 is 2.12 bits per heavy atom. The van der Waals surface area contributed by atoms with Gasteiger partial charge >= 0.3 is 6.18 Å². The first-order valence-electron chi connectivity index (χ1n) is 4.56. The van der Waals surface area contributed by atoms with Crippen LogP contribution in [0, 0.1) is 11.3 Å². The van der Waals surface area contributed by atoms with E-state index >= 15 is 0 Å². The van der Waals surface area contributed by atoms with Crippen LogP contribution in [0.15, 0.2) is 18.3 Å². The molecule has 1 aromatic heterocycles. The van der Waals surface area contributed by atoms with Crippen molar-refractivity contribution < 1.29 is 13.2 Å². The standard InChI is InChI=1S/C10H10F3N3/c1-16(5-4-10(11,12)13)9-3-2-8(6-14)7-15-9/h2-3,7H,4-5H2,1H3. The van der Waals surface area contributed by atoms with E-state index in [9.17, 15) is 13.2 Å². The molecule has 0 saturated carbocycles. The molecule has 0 aliphatic carbocycles. The third-order valence-electron chi connectivity index (χ3n) is 2.00. The molecule has 3 nitrogen and oxygen atoms in total. The second-order valence-electron chi connectivity index (χ2n) is 3.30. The van der Waals surface area contributed by atoms with Gasteiger partial charge in [-0.1, -0.05) is 0 Å². The van der Waals surface area contributed by atoms with Crippen LogP contribution in [0.25, 0.3) is 0 Å². The minimum Gasteiger partial charge on any atom is -0.359 e. The number of rotatable bonds is 3. The topological polar surface area (TPSA) is 39.9 Å². The minimum absolute atomic E-state index is 0.150. The van der Waals surface area contributed by atoms with Gasteiger partial charge in [-0.25, -0.2) is 4.98 Å². The van der Waals surface area contributed by atoms with Crippen LogP contribution in [0.3, 0.4) is 0 Å². The number of nitriles is 1. The summed E-state index contributed by atoms with van der Waals surface area (Å²) in [5, 5.41) is 8.52. The molecule has 0 aliphatic rings. The molecule has 0 bridgehead atoms. The Balaban J connectivity index is 2.60. The lowest BCUT2D eigenvalue weighted by Gasteiger charge is -2.18. The van der Waals surface area contributed by atoms with Crippen LogP contribution in [0.2, 0.25) is 0 Å². The van der Waals surface area contributed by atoms with Crippen molar-refractivity contribution in [1.29, 1.82) is 5.26 Å². The quantitative estimate of drug-likeness (QED) is 0.798. The lowest BCUT2D eigenvalue weighted by Crippen LogP contribution is -2.24. The van der Waals surface area contributed by atoms with E-state index in [1.807, 2.05) is 6.07 Å². The first-order valence-corrected chi connectivity index (χ1v) is 4.56. The van der Waals surface area contributed by atoms with Crippen LogP contribution in [-0.4, -0.2) is 24.8 Å². The zero-order valence-electron chi connectivity index (χ0n) is 8.62. The molecule has 0 fully saturated rings. The van der Waals surface area contributed by atoms with Crippen molar-refractivity contribution in [1.82, 2.24) is 4.98 Å². The molecule has 0 saturated heterocycles. The zero-order chi connectivity index (χ0) is 12.2. The van der Waals surface area contributed by atoms with E-state index in [4.69, 9.17) is 5.26 Å². The van der Waals surface area contributed by atoms with Crippen LogP contribution >= 0.6 is 0 Å². The maximum absolute atomic E-state index is 12.0. The molecule has 1 aromatic rings. The molecule has 0 unspecified atom stereocenters. The van der Waals surface area contributed by atoms with Gasteiger partial charge in [0.05, 0.1) is 12.0 Å². The summed E-state index contributed by atoms with van der Waals surface area (Å²) in [6.07, 6.45) is -3.72. The number of anilines is 1. The Morgan fingerprint density at radius 3 is 2.56 bits per heavy atom. The summed E-state index contributed by atoms with van der Waals surface area (Å²) in [5.41, 5.74) is 0.382. The van der Waals surface area contributed by atoms with Crippen LogP contribution in [0.1, 0.15) is 12.0 Å². The van der Waals surface area contributed by atoms with Crippen molar-refractivity contribution in [3.8, 4) is 6.07 Å². The van der Waals surface area contributed by atoms with Gasteiger partial charge < -0.3 is 4.90 Å². The second-order valence-corrected chi connectivity index (χ2v) is 3.30. The third-order valence-corrected chi connectivity index (χ3v) is 2.00. The van der Waals surface area contributed by atoms with Crippen LogP contribution in [0.4, 0.5) is 19.0 Å². The molecular weight excluding hydrogens is 219 g/mol. The number of alkyl halides is 3. The predicted octanol–water partition coefficient (Wildman–Crippen LogP) is 2.34. The van der Waals surface area contributed by atoms with Gasteiger partial charge in [-0.3, -0.25) is 0 Å². The fourth-order valence-corrected chi connectivity index (χ4v) is 1.09. The lowest BCUT2D eigenvalue weighted by molar-refractivity contribution is -0.132. The second kappa shape index (κ2) is 4.84. The smallest absolute Gasteiger partial charge is 0.359 e. The summed E-state index contributed by atoms with van der Waals surface area (Å²) >= 11 is 0. The highest BCUT2D eigenvalue weighted by Gasteiger charge is 2.27. The Morgan fingerprint density at radius 1 is 1.44 bits per heavy atom. The molecule has 86 valence electrons. The SMILES string of the molecule is CN(CCC(F)(F)F)c1ccc(C#N)cn1. The van der Waals surface area contributed by atoms with Crippen LogP contribution < -0.4 is 4.90 Å². The van der Waals surface area contributed by atoms with Gasteiger partial charge in [0.1, 0.15) is 11.9 Å². The first kappa shape index (κ1) is 12.3. The van der Waals surface area contributed by atoms with E-state index < -0.39 is 12.6 Å². The number of pyridine rings is 1. The highest BCUT2D eigenvalue weighted by Crippen LogP contribution is 2.20. The van der Waals surface area contributed by atoms with Crippen molar-refractivity contribution in [2.24, 2.45) is 0 Å². The largest absolute Gasteiger partial charge is 0.390 e. The van der Waals surface area contributed by atoms with Gasteiger partial charge in [0.2, 0.25) is 0 Å². The maximum Gasteiger partial charge on any atom is 0.390 e. The molecule has 16 heavy (non-hydrogen) atoms. The Hall–Kier alpha value is -1.77. The molecule has 0 radical (unpaired) electrons. The Kier molecular flexibility index (Phi) is 3.72. The number of hydrogen-bond acceptors (Lipinski definition) is 3. The Labute approximate surface area is 91.1 Å². The van der Waals surface area contributed by atoms with Gasteiger partial charge in [0, 0.05) is 19.8 Å². The molecule has 0 spiro atoms. The molecule has 0 aromatic carbocycles. The zero-order valence-corrected chi connectivity index (χ0v) is 8.62. The summed E-state index contributed by atoms with van der Waals surface area (Å²) in [4.78, 5) is 5.28. The van der Waals surface area contributed by atoms with Gasteiger partial charge in [0.25, 0.3) is 0 Å². The summed E-state index contributed by atoms with van der Waals surface area (Å²) < 4.78 is 35.9. The predicted molar refractivity (Wildman–Crippen MR) is 52.9 cm³/mol. The van der Waals surface area contributed by atoms with Gasteiger partial charge in [-0.2, -0.15) is 18.4 Å². The van der Waals surface area contributed by atoms with Crippen molar-refractivity contribution in [2.75, 3.05) is 18.5 Å². The fraction of sp³-hybridized carbons (Fsp3) is 0.400. The molecule has 0 amide bonds. The number of halogens is 3. The van der Waals surface area contributed by atoms with E-state index in [2.05, 4.69) is 4.98 Å². The van der Waals surface area contributed by atoms with Crippen molar-refractivity contribution in [3.63, 3.8) is 0 Å². The molecular formula is C10H10F3N3. The van der Waals surface area contributed by atoms with E-state index in [1.54, 1.807) is 0 Å². The third kappa shape index (κ3) is 3.77. The van der Waals surface area contributed by atoms with Crippen LogP contribution in [0.5, 0.6) is 0 Å². The van der Waals surface area contributed by atoms with Crippen molar-refractivity contribution in [3.05, 3.63) is 23.9 Å². The number of hydrogen-bond donors (Lipinski definition) is 0. The summed E-state index contributed by atoms with van der Waals surface area (Å²) in [5.74, 6) is 0.420. The van der Waals surface area contributed by atoms with Crippen LogP contribution in [-0.2, 0) is 0 Å². The highest BCUT2D eigenvalue weighted by molar-refractivity contribution is 5.40. The molecule has 0 aliphatic heterocycles. The average Bonchev–Trinajstić information content (AvgIpc) is 2.25. The molecule has 1 heterocycles. The van der Waals surface area contributed by atoms with Gasteiger partial charge in [-0.05, 0) is 12.1 Å². The normalized spacial score (nSPS) is 10.9. The fourth-order valence-electron chi connectivity index (χ4n) is 1.09. The molecule has 0 N–H and O–H groups in total. The average molecular weight is 229 g/mol. The van der Waals surface area contributed by atoms with Gasteiger partial charge in [-0.15, -0.1) is 0 Å². The monoisotopic (exact) mass is 229 g/mol. The number of nitrogens with zero attached hydrogens (tertiary/aromatic N) is 3. The summed E-state index contributed by atoms with van der Waals surface area (Å²) in [6, 6.07) is 4.93. The minimum atomic E-state index is -4.17. The molecule has 1 rings (SSSR count). The van der Waals surface area contributed by atoms with Gasteiger partial charge in [0.15, 0.2) is 0 Å². The highest BCUT2D eigenvalue weighted by atomic mass is 19.4. The van der Waals surface area contributed by atoms with E-state index in [-0.39, 0.29) is 6.54 Å². The Bertz CT molecular complexity index is 378. The molecule has 6 heteroatoms. The molecule has 0 atom stereocenters. The van der Waals surface area contributed by atoms with Crippen molar-refractivity contribution >= 4 is 5.82 Å². The summed E-state index contributed by atoms with van der Waals surface area (Å²) in [6.45, 7) is -0.150. The van der Waals surface area contributed by atoms with E-state index in [0.29, 0.717) is 11.4 Å². The lowest BCUT2D eigenvalue weighted by atomic mass is 10.3.